The van der Waals surface area contributed by atoms with E-state index in [9.17, 15) is 0 Å². The van der Waals surface area contributed by atoms with Gasteiger partial charge in [-0.1, -0.05) is 97.1 Å². The van der Waals surface area contributed by atoms with Gasteiger partial charge in [-0.05, 0) is 47.4 Å². The summed E-state index contributed by atoms with van der Waals surface area (Å²) >= 11 is 0. The van der Waals surface area contributed by atoms with Crippen molar-refractivity contribution >= 4 is 27.9 Å². The monoisotopic (exact) mass is 463 g/mol. The van der Waals surface area contributed by atoms with Crippen molar-refractivity contribution in [2.45, 2.75) is 24.9 Å². The first-order valence-electron chi connectivity index (χ1n) is 12.8. The van der Waals surface area contributed by atoms with Crippen LogP contribution >= 0.6 is 0 Å². The summed E-state index contributed by atoms with van der Waals surface area (Å²) in [5.41, 5.74) is 9.81. The number of para-hydroxylation sites is 3. The van der Waals surface area contributed by atoms with Crippen LogP contribution in [0.2, 0.25) is 0 Å². The molecule has 1 aliphatic carbocycles. The van der Waals surface area contributed by atoms with E-state index >= 15 is 0 Å². The molecule has 0 amide bonds. The van der Waals surface area contributed by atoms with E-state index in [1.165, 1.54) is 55.3 Å². The third kappa shape index (κ3) is 2.32. The van der Waals surface area contributed by atoms with Crippen molar-refractivity contribution in [1.29, 1.82) is 0 Å². The Morgan fingerprint density at radius 3 is 2.64 bits per heavy atom. The smallest absolute Gasteiger partial charge is 0.125 e. The Morgan fingerprint density at radius 1 is 0.861 bits per heavy atom. The summed E-state index contributed by atoms with van der Waals surface area (Å²) in [5, 5.41) is 2.60. The highest BCUT2D eigenvalue weighted by Crippen LogP contribution is 2.59. The number of rotatable bonds is 1. The number of hydrogen-bond donors (Lipinski definition) is 0. The third-order valence-corrected chi connectivity index (χ3v) is 8.23. The zero-order valence-electron chi connectivity index (χ0n) is 20.1. The lowest BCUT2D eigenvalue weighted by atomic mass is 9.59. The first-order valence-corrected chi connectivity index (χ1v) is 12.8. The fourth-order valence-corrected chi connectivity index (χ4v) is 6.94. The van der Waals surface area contributed by atoms with Crippen molar-refractivity contribution < 1.29 is 4.74 Å². The van der Waals surface area contributed by atoms with Crippen molar-refractivity contribution in [3.05, 3.63) is 137 Å². The summed E-state index contributed by atoms with van der Waals surface area (Å²) in [6.07, 6.45) is 12.0. The topological polar surface area (TPSA) is 14.2 Å². The predicted molar refractivity (Wildman–Crippen MR) is 148 cm³/mol. The number of hydrogen-bond acceptors (Lipinski definition) is 1. The van der Waals surface area contributed by atoms with Crippen molar-refractivity contribution in [3.63, 3.8) is 0 Å². The zero-order chi connectivity index (χ0) is 23.9. The molecule has 8 rings (SSSR count). The lowest BCUT2D eigenvalue weighted by Crippen LogP contribution is -2.45. The maximum atomic E-state index is 6.65. The van der Waals surface area contributed by atoms with Gasteiger partial charge in [-0.2, -0.15) is 0 Å². The number of nitrogens with zero attached hydrogens (tertiary/aromatic N) is 1. The van der Waals surface area contributed by atoms with Gasteiger partial charge in [0.05, 0.1) is 22.1 Å². The van der Waals surface area contributed by atoms with Gasteiger partial charge in [-0.15, -0.1) is 0 Å². The first-order chi connectivity index (χ1) is 17.8. The van der Waals surface area contributed by atoms with Crippen molar-refractivity contribution in [1.82, 2.24) is 4.57 Å². The van der Waals surface area contributed by atoms with Crippen LogP contribution in [-0.2, 0) is 5.41 Å². The van der Waals surface area contributed by atoms with Crippen LogP contribution in [0.15, 0.2) is 115 Å². The molecule has 2 atom stereocenters. The fraction of sp³-hybridized carbons (Fsp3) is 0.118. The van der Waals surface area contributed by atoms with Gasteiger partial charge in [0.15, 0.2) is 0 Å². The Bertz CT molecular complexity index is 1810. The minimum atomic E-state index is -0.419. The summed E-state index contributed by atoms with van der Waals surface area (Å²) < 4.78 is 9.15. The zero-order valence-corrected chi connectivity index (χ0v) is 20.1. The Kier molecular flexibility index (Phi) is 3.94. The third-order valence-electron chi connectivity index (χ3n) is 8.23. The van der Waals surface area contributed by atoms with Gasteiger partial charge in [-0.3, -0.25) is 0 Å². The molecule has 3 aliphatic rings. The second-order valence-electron chi connectivity index (χ2n) is 9.97. The number of ether oxygens (including phenoxy) is 1. The van der Waals surface area contributed by atoms with Gasteiger partial charge in [-0.25, -0.2) is 0 Å². The van der Waals surface area contributed by atoms with Crippen LogP contribution in [0.3, 0.4) is 0 Å². The lowest BCUT2D eigenvalue weighted by molar-refractivity contribution is 0.204. The number of allylic oxidation sites excluding steroid dienone is 3. The van der Waals surface area contributed by atoms with E-state index in [0.29, 0.717) is 0 Å². The molecule has 2 aliphatic heterocycles. The minimum Gasteiger partial charge on any atom is -0.485 e. The van der Waals surface area contributed by atoms with Crippen molar-refractivity contribution in [2.24, 2.45) is 0 Å². The Morgan fingerprint density at radius 2 is 1.69 bits per heavy atom. The Balaban J connectivity index is 1.65. The highest BCUT2D eigenvalue weighted by atomic mass is 16.5. The molecule has 1 spiro atoms. The molecule has 172 valence electrons. The van der Waals surface area contributed by atoms with Gasteiger partial charge in [0.2, 0.25) is 0 Å². The first kappa shape index (κ1) is 19.9. The maximum Gasteiger partial charge on any atom is 0.125 e. The van der Waals surface area contributed by atoms with E-state index < -0.39 is 5.41 Å². The Hall–Kier alpha value is -4.30. The van der Waals surface area contributed by atoms with E-state index in [2.05, 4.69) is 127 Å². The molecular weight excluding hydrogens is 438 g/mol. The van der Waals surface area contributed by atoms with Crippen LogP contribution in [0, 0.1) is 0 Å². The quantitative estimate of drug-likeness (QED) is 0.245. The number of benzene rings is 4. The minimum absolute atomic E-state index is 0.0131. The second kappa shape index (κ2) is 7.11. The summed E-state index contributed by atoms with van der Waals surface area (Å²) in [6, 6.07) is 31.3. The number of aromatic nitrogens is 1. The van der Waals surface area contributed by atoms with Crippen LogP contribution in [0.4, 0.5) is 0 Å². The van der Waals surface area contributed by atoms with Crippen molar-refractivity contribution in [2.75, 3.05) is 0 Å². The maximum absolute atomic E-state index is 6.65. The van der Waals surface area contributed by atoms with E-state index in [1.807, 2.05) is 0 Å². The van der Waals surface area contributed by atoms with Crippen LogP contribution in [-0.4, -0.2) is 10.7 Å². The molecular formula is C34H25NO. The normalized spacial score (nSPS) is 21.4. The average molecular weight is 464 g/mol. The predicted octanol–water partition coefficient (Wildman–Crippen LogP) is 8.11. The Labute approximate surface area is 210 Å². The van der Waals surface area contributed by atoms with Crippen LogP contribution in [0.25, 0.3) is 33.6 Å². The van der Waals surface area contributed by atoms with Crippen LogP contribution in [0.1, 0.15) is 35.6 Å². The fourth-order valence-electron chi connectivity index (χ4n) is 6.94. The van der Waals surface area contributed by atoms with Gasteiger partial charge < -0.3 is 9.30 Å². The molecule has 0 fully saturated rings. The molecule has 2 heteroatoms. The summed E-state index contributed by atoms with van der Waals surface area (Å²) in [5.74, 6) is 0.986. The van der Waals surface area contributed by atoms with Crippen LogP contribution in [0.5, 0.6) is 5.75 Å². The molecule has 36 heavy (non-hydrogen) atoms. The highest BCUT2D eigenvalue weighted by molar-refractivity contribution is 6.12. The van der Waals surface area contributed by atoms with E-state index in [-0.39, 0.29) is 6.10 Å². The lowest BCUT2D eigenvalue weighted by Gasteiger charge is -2.49. The molecule has 0 saturated heterocycles. The second-order valence-corrected chi connectivity index (χ2v) is 9.97. The molecule has 2 unspecified atom stereocenters. The summed E-state index contributed by atoms with van der Waals surface area (Å²) in [4.78, 5) is 0. The van der Waals surface area contributed by atoms with Gasteiger partial charge in [0.1, 0.15) is 11.9 Å². The standard InChI is InChI=1S/C34H25NO/c1-2-10-22-19-20-25-30(21-22)35-29-16-6-3-11-23(29)24-12-9-15-28(33(24)35)34(25)26-13-4-7-17-31(26)36-32-18-8-5-14-27(32)34/h2-17,19-21,32H,18H2,1H3/b10-2+. The molecule has 0 N–H and O–H groups in total. The molecule has 4 aromatic carbocycles. The summed E-state index contributed by atoms with van der Waals surface area (Å²) in [6.45, 7) is 2.08. The van der Waals surface area contributed by atoms with Gasteiger partial charge in [0.25, 0.3) is 0 Å². The average Bonchev–Trinajstić information content (AvgIpc) is 3.27. The number of fused-ring (bicyclic) bond motifs is 11. The molecule has 2 nitrogen and oxygen atoms in total. The molecule has 0 radical (unpaired) electrons. The summed E-state index contributed by atoms with van der Waals surface area (Å²) in [7, 11) is 0. The van der Waals surface area contributed by atoms with Gasteiger partial charge >= 0.3 is 0 Å². The molecule has 3 heterocycles. The van der Waals surface area contributed by atoms with E-state index in [4.69, 9.17) is 4.74 Å². The van der Waals surface area contributed by atoms with Crippen molar-refractivity contribution in [3.8, 4) is 11.4 Å². The largest absolute Gasteiger partial charge is 0.485 e. The molecule has 0 bridgehead atoms. The molecule has 1 aromatic heterocycles. The highest BCUT2D eigenvalue weighted by Gasteiger charge is 2.52. The van der Waals surface area contributed by atoms with Crippen LogP contribution < -0.4 is 4.74 Å². The van der Waals surface area contributed by atoms with Gasteiger partial charge in [0, 0.05) is 22.8 Å². The molecule has 5 aromatic rings. The molecule has 0 saturated carbocycles. The van der Waals surface area contributed by atoms with E-state index in [0.717, 1.165) is 12.2 Å². The van der Waals surface area contributed by atoms with E-state index in [1.54, 1.807) is 0 Å². The SMILES string of the molecule is C/C=C/c1ccc2c(c1)-n1c3ccccc3c3cccc(c31)C21C2=CC=CCC2Oc2ccccc21.